The molecule has 0 aliphatic carbocycles. The van der Waals surface area contributed by atoms with E-state index in [1.807, 2.05) is 25.1 Å². The van der Waals surface area contributed by atoms with Crippen molar-refractivity contribution in [1.29, 1.82) is 0 Å². The molecule has 3 rings (SSSR count). The summed E-state index contributed by atoms with van der Waals surface area (Å²) < 4.78 is 21.7. The molecule has 3 aromatic rings. The van der Waals surface area contributed by atoms with Gasteiger partial charge in [-0.05, 0) is 36.8 Å². The Labute approximate surface area is 164 Å². The first-order valence-corrected chi connectivity index (χ1v) is 9.11. The minimum absolute atomic E-state index is 0.0591. The summed E-state index contributed by atoms with van der Waals surface area (Å²) in [6, 6.07) is 9.14. The molecule has 0 bridgehead atoms. The highest BCUT2D eigenvalue weighted by atomic mass is 16.5. The Balaban J connectivity index is 2.39. The maximum Gasteiger partial charge on any atom is 0.197 e. The molecule has 0 saturated carbocycles. The molecule has 0 unspecified atom stereocenters. The maximum absolute atomic E-state index is 13.4. The molecule has 1 heterocycles. The molecule has 0 atom stereocenters. The van der Waals surface area contributed by atoms with Crippen LogP contribution in [-0.2, 0) is 6.42 Å². The number of aromatic amines is 1. The van der Waals surface area contributed by atoms with E-state index in [9.17, 15) is 4.79 Å². The van der Waals surface area contributed by atoms with Gasteiger partial charge in [0, 0.05) is 11.1 Å². The summed E-state index contributed by atoms with van der Waals surface area (Å²) in [5.41, 5.74) is 2.83. The van der Waals surface area contributed by atoms with E-state index in [0.717, 1.165) is 17.7 Å². The van der Waals surface area contributed by atoms with Crippen LogP contribution >= 0.6 is 0 Å². The standard InChI is InChI=1S/C22H25NO5/c1-6-7-14-20(13-8-9-15(25-2)18(12-13)28-5)23-21-17(27-4)11-10-16(26-3)19(21)22(14)24/h8-12H,6-7H2,1-5H3,(H,23,24). The van der Waals surface area contributed by atoms with E-state index in [0.29, 0.717) is 45.9 Å². The SMILES string of the molecule is CCCc1c(-c2ccc(OC)c(OC)c2)[nH]c2c(OC)ccc(OC)c2c1=O. The Morgan fingerprint density at radius 1 is 0.821 bits per heavy atom. The Morgan fingerprint density at radius 2 is 1.43 bits per heavy atom. The molecule has 0 aliphatic rings. The van der Waals surface area contributed by atoms with Gasteiger partial charge in [0.2, 0.25) is 0 Å². The van der Waals surface area contributed by atoms with E-state index in [2.05, 4.69) is 4.98 Å². The molecule has 6 nitrogen and oxygen atoms in total. The van der Waals surface area contributed by atoms with Crippen LogP contribution < -0.4 is 24.4 Å². The third-order valence-electron chi connectivity index (χ3n) is 4.79. The number of fused-ring (bicyclic) bond motifs is 1. The average Bonchev–Trinajstić information content (AvgIpc) is 2.74. The molecule has 0 saturated heterocycles. The van der Waals surface area contributed by atoms with Crippen molar-refractivity contribution in [2.75, 3.05) is 28.4 Å². The third kappa shape index (κ3) is 3.26. The summed E-state index contributed by atoms with van der Waals surface area (Å²) in [5.74, 6) is 2.33. The van der Waals surface area contributed by atoms with Crippen molar-refractivity contribution in [2.45, 2.75) is 19.8 Å². The zero-order valence-corrected chi connectivity index (χ0v) is 16.8. The molecule has 0 aliphatic heterocycles. The third-order valence-corrected chi connectivity index (χ3v) is 4.79. The van der Waals surface area contributed by atoms with Crippen molar-refractivity contribution in [1.82, 2.24) is 4.98 Å². The van der Waals surface area contributed by atoms with Gasteiger partial charge in [-0.15, -0.1) is 0 Å². The zero-order chi connectivity index (χ0) is 20.3. The van der Waals surface area contributed by atoms with Crippen LogP contribution in [0, 0.1) is 0 Å². The summed E-state index contributed by atoms with van der Waals surface area (Å²) in [4.78, 5) is 16.8. The molecule has 0 radical (unpaired) electrons. The molecule has 148 valence electrons. The lowest BCUT2D eigenvalue weighted by Gasteiger charge is -2.16. The molecule has 1 N–H and O–H groups in total. The van der Waals surface area contributed by atoms with Crippen molar-refractivity contribution in [3.63, 3.8) is 0 Å². The van der Waals surface area contributed by atoms with Crippen LogP contribution in [0.15, 0.2) is 35.1 Å². The van der Waals surface area contributed by atoms with Crippen molar-refractivity contribution in [3.8, 4) is 34.3 Å². The highest BCUT2D eigenvalue weighted by Gasteiger charge is 2.19. The first kappa shape index (κ1) is 19.6. The average molecular weight is 383 g/mol. The predicted octanol–water partition coefficient (Wildman–Crippen LogP) is 4.18. The minimum atomic E-state index is -0.0591. The van der Waals surface area contributed by atoms with Crippen LogP contribution in [-0.4, -0.2) is 33.4 Å². The fraction of sp³-hybridized carbons (Fsp3) is 0.318. The lowest BCUT2D eigenvalue weighted by atomic mass is 9.98. The topological polar surface area (TPSA) is 69.8 Å². The highest BCUT2D eigenvalue weighted by Crippen LogP contribution is 2.36. The van der Waals surface area contributed by atoms with Crippen molar-refractivity contribution >= 4 is 10.9 Å². The zero-order valence-electron chi connectivity index (χ0n) is 16.8. The van der Waals surface area contributed by atoms with E-state index in [-0.39, 0.29) is 5.43 Å². The van der Waals surface area contributed by atoms with Gasteiger partial charge < -0.3 is 23.9 Å². The van der Waals surface area contributed by atoms with Crippen LogP contribution in [0.3, 0.4) is 0 Å². The van der Waals surface area contributed by atoms with E-state index < -0.39 is 0 Å². The first-order chi connectivity index (χ1) is 13.6. The molecule has 0 amide bonds. The number of ether oxygens (including phenoxy) is 4. The second-order valence-electron chi connectivity index (χ2n) is 6.35. The molecule has 0 fully saturated rings. The molecule has 28 heavy (non-hydrogen) atoms. The Kier molecular flexibility index (Phi) is 5.78. The molecular formula is C22H25NO5. The molecule has 2 aromatic carbocycles. The van der Waals surface area contributed by atoms with Gasteiger partial charge in [-0.25, -0.2) is 0 Å². The summed E-state index contributed by atoms with van der Waals surface area (Å²) in [7, 11) is 6.32. The van der Waals surface area contributed by atoms with Gasteiger partial charge in [-0.3, -0.25) is 4.79 Å². The normalized spacial score (nSPS) is 10.8. The minimum Gasteiger partial charge on any atom is -0.496 e. The number of benzene rings is 2. The predicted molar refractivity (Wildman–Crippen MR) is 110 cm³/mol. The van der Waals surface area contributed by atoms with Gasteiger partial charge in [-0.1, -0.05) is 13.3 Å². The van der Waals surface area contributed by atoms with Crippen LogP contribution in [0.5, 0.6) is 23.0 Å². The number of aromatic nitrogens is 1. The van der Waals surface area contributed by atoms with Crippen LogP contribution in [0.25, 0.3) is 22.2 Å². The van der Waals surface area contributed by atoms with E-state index >= 15 is 0 Å². The number of hydrogen-bond acceptors (Lipinski definition) is 5. The smallest absolute Gasteiger partial charge is 0.197 e. The van der Waals surface area contributed by atoms with E-state index in [1.165, 1.54) is 0 Å². The van der Waals surface area contributed by atoms with Crippen molar-refractivity contribution in [3.05, 3.63) is 46.1 Å². The van der Waals surface area contributed by atoms with Crippen molar-refractivity contribution in [2.24, 2.45) is 0 Å². The largest absolute Gasteiger partial charge is 0.496 e. The quantitative estimate of drug-likeness (QED) is 0.663. The van der Waals surface area contributed by atoms with Gasteiger partial charge in [0.1, 0.15) is 11.5 Å². The maximum atomic E-state index is 13.4. The van der Waals surface area contributed by atoms with Crippen LogP contribution in [0.2, 0.25) is 0 Å². The summed E-state index contributed by atoms with van der Waals surface area (Å²) in [6.07, 6.45) is 1.47. The monoisotopic (exact) mass is 383 g/mol. The number of H-pyrrole nitrogens is 1. The first-order valence-electron chi connectivity index (χ1n) is 9.11. The summed E-state index contributed by atoms with van der Waals surface area (Å²) in [6.45, 7) is 2.05. The fourth-order valence-electron chi connectivity index (χ4n) is 3.45. The van der Waals surface area contributed by atoms with Gasteiger partial charge >= 0.3 is 0 Å². The van der Waals surface area contributed by atoms with Gasteiger partial charge in [0.25, 0.3) is 0 Å². The van der Waals surface area contributed by atoms with E-state index in [4.69, 9.17) is 18.9 Å². The van der Waals surface area contributed by atoms with Crippen LogP contribution in [0.1, 0.15) is 18.9 Å². The molecular weight excluding hydrogens is 358 g/mol. The lowest BCUT2D eigenvalue weighted by Crippen LogP contribution is -2.14. The van der Waals surface area contributed by atoms with Gasteiger partial charge in [0.15, 0.2) is 16.9 Å². The second kappa shape index (κ2) is 8.25. The van der Waals surface area contributed by atoms with Gasteiger partial charge in [-0.2, -0.15) is 0 Å². The summed E-state index contributed by atoms with van der Waals surface area (Å²) in [5, 5.41) is 0.495. The molecule has 0 spiro atoms. The highest BCUT2D eigenvalue weighted by molar-refractivity contribution is 5.92. The fourth-order valence-corrected chi connectivity index (χ4v) is 3.45. The number of nitrogens with one attached hydrogen (secondary N) is 1. The molecule has 1 aromatic heterocycles. The number of methoxy groups -OCH3 is 4. The lowest BCUT2D eigenvalue weighted by molar-refractivity contribution is 0.355. The van der Waals surface area contributed by atoms with E-state index in [1.54, 1.807) is 40.6 Å². The number of rotatable bonds is 7. The molecule has 6 heteroatoms. The van der Waals surface area contributed by atoms with Gasteiger partial charge in [0.05, 0.1) is 45.0 Å². The van der Waals surface area contributed by atoms with Crippen LogP contribution in [0.4, 0.5) is 0 Å². The number of hydrogen-bond donors (Lipinski definition) is 1. The Morgan fingerprint density at radius 3 is 2.04 bits per heavy atom. The Hall–Kier alpha value is -3.15. The summed E-state index contributed by atoms with van der Waals surface area (Å²) >= 11 is 0. The second-order valence-corrected chi connectivity index (χ2v) is 6.35. The number of pyridine rings is 1. The van der Waals surface area contributed by atoms with Crippen molar-refractivity contribution < 1.29 is 18.9 Å². The Bertz CT molecular complexity index is 1050.